The van der Waals surface area contributed by atoms with Gasteiger partial charge in [0, 0.05) is 27.0 Å². The Hall–Kier alpha value is -8.31. The number of rotatable bonds is 5. The quantitative estimate of drug-likeness (QED) is 0.0842. The van der Waals surface area contributed by atoms with Gasteiger partial charge in [0.1, 0.15) is 22.4 Å². The van der Waals surface area contributed by atoms with Crippen molar-refractivity contribution in [1.29, 1.82) is 5.53 Å². The fraction of sp³-hybridized carbons (Fsp3) is 0.132. The second-order valence-corrected chi connectivity index (χ2v) is 8.83. The molecule has 0 amide bonds. The van der Waals surface area contributed by atoms with Gasteiger partial charge in [-0.15, -0.1) is 11.3 Å². The Labute approximate surface area is 300 Å². The normalized spacial score (nSPS) is 8.08. The number of nitrogens with one attached hydrogen (secondary N) is 3. The van der Waals surface area contributed by atoms with Gasteiger partial charge in [-0.3, -0.25) is 4.98 Å². The highest BCUT2D eigenvalue weighted by Gasteiger charge is 2.16. The average Bonchev–Trinajstić information content (AvgIpc) is 3.66. The van der Waals surface area contributed by atoms with Crippen molar-refractivity contribution in [2.24, 2.45) is 21.0 Å². The summed E-state index contributed by atoms with van der Waals surface area (Å²) < 4.78 is 5.34. The molecule has 0 bridgehead atoms. The number of H-pyrrole nitrogens is 1. The third kappa shape index (κ3) is 13.4. The van der Waals surface area contributed by atoms with Crippen LogP contribution in [-0.4, -0.2) is 20.1 Å². The van der Waals surface area contributed by atoms with E-state index in [0.29, 0.717) is 0 Å². The van der Waals surface area contributed by atoms with Crippen molar-refractivity contribution in [3.8, 4) is 118 Å². The van der Waals surface area contributed by atoms with Crippen LogP contribution < -0.4 is 5.32 Å². The van der Waals surface area contributed by atoms with E-state index in [-0.39, 0.29) is 9.99 Å². The maximum atomic E-state index is 8.91. The molecule has 0 aliphatic rings. The molecule has 0 spiro atoms. The van der Waals surface area contributed by atoms with Crippen LogP contribution in [0.5, 0.6) is 0 Å². The molecule has 3 aromatic heterocycles. The third-order valence-corrected chi connectivity index (χ3v) is 5.50. The van der Waals surface area contributed by atoms with E-state index in [9.17, 15) is 0 Å². The Morgan fingerprint density at radius 1 is 0.840 bits per heavy atom. The summed E-state index contributed by atoms with van der Waals surface area (Å²) in [5.41, 5.74) is 13.5. The van der Waals surface area contributed by atoms with Crippen LogP contribution in [-0.2, 0) is 0 Å². The summed E-state index contributed by atoms with van der Waals surface area (Å²) in [7, 11) is 0. The number of anilines is 2. The van der Waals surface area contributed by atoms with Gasteiger partial charge in [0.15, 0.2) is 0 Å². The number of fused-ring (bicyclic) bond motifs is 1. The van der Waals surface area contributed by atoms with E-state index in [1.807, 2.05) is 45.1 Å². The van der Waals surface area contributed by atoms with Gasteiger partial charge in [-0.05, 0) is 170 Å². The summed E-state index contributed by atoms with van der Waals surface area (Å²) in [5, 5.41) is 16.8. The number of aromatic amines is 1. The summed E-state index contributed by atoms with van der Waals surface area (Å²) in [6, 6.07) is 8.10. The average molecular weight is 667 g/mol. The highest BCUT2D eigenvalue weighted by Crippen LogP contribution is 2.34. The van der Waals surface area contributed by atoms with Crippen LogP contribution in [0.25, 0.3) is 22.2 Å². The standard InChI is InChI=1S/C19H19N5O.C19H4.HN5O.7H2/c1-10-15(6-5-7-20-10)23-17-9-14(18-11(2)24-25-12(18)3)8-16-19(17)22-13(4)21-16;1-3-5-7-9-11-13-15-17-19-18-16-14-12-10-8-6-4-2;1-2-3-4-5-6;;;;;;;/h5-9,23H,1-4H3,(H,21,22);1H,2H3;1H;7*1H/b;;2-1?,4-3+;;;;;;;. The van der Waals surface area contributed by atoms with E-state index in [1.165, 1.54) is 0 Å². The van der Waals surface area contributed by atoms with E-state index in [1.54, 1.807) is 13.1 Å². The lowest BCUT2D eigenvalue weighted by Gasteiger charge is -2.11. The van der Waals surface area contributed by atoms with Crippen molar-refractivity contribution < 1.29 is 14.5 Å². The number of nitroso groups, excluding NO2 is 1. The van der Waals surface area contributed by atoms with Gasteiger partial charge in [-0.25, -0.2) is 4.98 Å². The van der Waals surface area contributed by atoms with Crippen molar-refractivity contribution in [3.63, 3.8) is 0 Å². The SMILES string of the molecule is C#CC#CC#CC#CC#CC#CC#CC#CC#CC.Cc1nc2c(Nc3cccnc3C)cc(-c3c(C)noc3C)cc2[nH]1.N=N/N=N/N=O.[HH].[HH].[HH].[HH].[HH].[HH].[HH]. The number of hydrogen-bond acceptors (Lipinski definition) is 7. The van der Waals surface area contributed by atoms with Crippen LogP contribution in [0.4, 0.5) is 11.4 Å². The Morgan fingerprint density at radius 2 is 1.44 bits per heavy atom. The zero-order chi connectivity index (χ0) is 36.4. The summed E-state index contributed by atoms with van der Waals surface area (Å²) in [5.74, 6) is 43.6. The van der Waals surface area contributed by atoms with Gasteiger partial charge in [0.25, 0.3) is 0 Å². The van der Waals surface area contributed by atoms with Crippen LogP contribution in [0.15, 0.2) is 55.9 Å². The summed E-state index contributed by atoms with van der Waals surface area (Å²) >= 11 is 0. The minimum Gasteiger partial charge on any atom is -0.361 e. The second-order valence-electron chi connectivity index (χ2n) is 8.83. The molecule has 4 aromatic rings. The van der Waals surface area contributed by atoms with Crippen LogP contribution in [0.2, 0.25) is 0 Å². The smallest absolute Gasteiger partial charge is 0.141 e. The first-order valence-electron chi connectivity index (χ1n) is 13.9. The fourth-order valence-corrected chi connectivity index (χ4v) is 3.68. The maximum Gasteiger partial charge on any atom is 0.141 e. The summed E-state index contributed by atoms with van der Waals surface area (Å²) in [6.45, 7) is 9.51. The van der Waals surface area contributed by atoms with Gasteiger partial charge in [-0.2, -0.15) is 5.53 Å². The van der Waals surface area contributed by atoms with E-state index in [4.69, 9.17) is 21.4 Å². The van der Waals surface area contributed by atoms with Crippen molar-refractivity contribution >= 4 is 22.4 Å². The molecule has 0 fully saturated rings. The van der Waals surface area contributed by atoms with E-state index < -0.39 is 0 Å². The molecule has 0 saturated heterocycles. The second kappa shape index (κ2) is 22.2. The molecule has 3 heterocycles. The number of hydrogen-bond donors (Lipinski definition) is 3. The van der Waals surface area contributed by atoms with E-state index >= 15 is 0 Å². The molecule has 0 atom stereocenters. The molecule has 3 N–H and O–H groups in total. The highest BCUT2D eigenvalue weighted by molar-refractivity contribution is 5.95. The topological polar surface area (TPSA) is 170 Å². The lowest BCUT2D eigenvalue weighted by Crippen LogP contribution is -1.96. The minimum atomic E-state index is 0. The Morgan fingerprint density at radius 3 is 1.92 bits per heavy atom. The molecule has 252 valence electrons. The van der Waals surface area contributed by atoms with Crippen molar-refractivity contribution in [3.05, 3.63) is 58.3 Å². The van der Waals surface area contributed by atoms with Gasteiger partial charge in [0.05, 0.1) is 28.3 Å². The number of nitrogens with zero attached hydrogens (tertiary/aromatic N) is 7. The zero-order valence-electron chi connectivity index (χ0n) is 27.4. The largest absolute Gasteiger partial charge is 0.361 e. The maximum absolute atomic E-state index is 8.91. The molecule has 4 rings (SSSR count). The predicted molar refractivity (Wildman–Crippen MR) is 205 cm³/mol. The molecule has 50 heavy (non-hydrogen) atoms. The Bertz CT molecular complexity index is 2470. The number of imidazole rings is 1. The molecule has 0 aliphatic heterocycles. The molecule has 0 unspecified atom stereocenters. The number of aryl methyl sites for hydroxylation is 4. The molecule has 0 aliphatic carbocycles. The first kappa shape index (κ1) is 37.9. The van der Waals surface area contributed by atoms with Crippen molar-refractivity contribution in [2.45, 2.75) is 34.6 Å². The van der Waals surface area contributed by atoms with E-state index in [0.717, 1.165) is 56.5 Å². The predicted octanol–water partition coefficient (Wildman–Crippen LogP) is 8.04. The molecule has 0 saturated carbocycles. The minimum absolute atomic E-state index is 0. The Balaban J connectivity index is -0.000000184. The summed E-state index contributed by atoms with van der Waals surface area (Å²) in [4.78, 5) is 21.2. The van der Waals surface area contributed by atoms with Gasteiger partial charge < -0.3 is 14.8 Å². The molecular weight excluding hydrogens is 628 g/mol. The van der Waals surface area contributed by atoms with Crippen molar-refractivity contribution in [2.75, 3.05) is 5.32 Å². The first-order chi connectivity index (χ1) is 24.4. The fourth-order valence-electron chi connectivity index (χ4n) is 3.68. The molecule has 12 heteroatoms. The molecular formula is C38H38N10O2. The summed E-state index contributed by atoms with van der Waals surface area (Å²) in [6.07, 6.45) is 6.68. The molecule has 12 nitrogen and oxygen atoms in total. The Kier molecular flexibility index (Phi) is 16.8. The molecule has 0 radical (unpaired) electrons. The van der Waals surface area contributed by atoms with Crippen LogP contribution in [0.3, 0.4) is 0 Å². The van der Waals surface area contributed by atoms with Gasteiger partial charge >= 0.3 is 0 Å². The van der Waals surface area contributed by atoms with Crippen molar-refractivity contribution in [1.82, 2.24) is 20.1 Å². The molecule has 1 aromatic carbocycles. The lowest BCUT2D eigenvalue weighted by atomic mass is 10.0. The van der Waals surface area contributed by atoms with Crippen LogP contribution >= 0.6 is 0 Å². The number of terminal acetylenes is 1. The van der Waals surface area contributed by atoms with Gasteiger partial charge in [-0.1, -0.05) is 11.1 Å². The van der Waals surface area contributed by atoms with Gasteiger partial charge in [0.2, 0.25) is 0 Å². The highest BCUT2D eigenvalue weighted by atomic mass is 16.5. The first-order valence-corrected chi connectivity index (χ1v) is 13.9. The lowest BCUT2D eigenvalue weighted by molar-refractivity contribution is 0.393. The van der Waals surface area contributed by atoms with Crippen LogP contribution in [0, 0.1) is 145 Å². The number of aromatic nitrogens is 4. The third-order valence-electron chi connectivity index (χ3n) is 5.50. The monoisotopic (exact) mass is 666 g/mol. The zero-order valence-corrected chi connectivity index (χ0v) is 27.4. The van der Waals surface area contributed by atoms with E-state index in [2.05, 4.69) is 154 Å². The number of pyridine rings is 1. The number of benzene rings is 1. The van der Waals surface area contributed by atoms with Crippen LogP contribution in [0.1, 0.15) is 39.9 Å².